The van der Waals surface area contributed by atoms with Gasteiger partial charge in [0.25, 0.3) is 0 Å². The Balaban J connectivity index is 2.16. The average molecular weight is 216 g/mol. The van der Waals surface area contributed by atoms with Gasteiger partial charge in [-0.15, -0.1) is 11.3 Å². The van der Waals surface area contributed by atoms with E-state index in [1.54, 1.807) is 11.3 Å². The molecule has 78 valence electrons. The van der Waals surface area contributed by atoms with Crippen LogP contribution in [0.15, 0.2) is 17.5 Å². The zero-order valence-electron chi connectivity index (χ0n) is 9.18. The third kappa shape index (κ3) is 6.00. The van der Waals surface area contributed by atoms with Crippen molar-refractivity contribution in [2.45, 2.75) is 39.0 Å². The second kappa shape index (κ2) is 8.16. The van der Waals surface area contributed by atoms with Crippen molar-refractivity contribution in [3.05, 3.63) is 22.4 Å². The number of thiophene rings is 1. The van der Waals surface area contributed by atoms with Crippen LogP contribution in [0.1, 0.15) is 43.9 Å². The van der Waals surface area contributed by atoms with Crippen LogP contribution in [0, 0.1) is 23.7 Å². The maximum Gasteiger partial charge on any atom is 0.0778 e. The molecule has 0 saturated heterocycles. The predicted molar refractivity (Wildman–Crippen MR) is 67.7 cm³/mol. The van der Waals surface area contributed by atoms with Crippen molar-refractivity contribution in [1.82, 2.24) is 0 Å². The fourth-order valence-corrected chi connectivity index (χ4v) is 1.76. The minimum Gasteiger partial charge on any atom is -0.135 e. The molecule has 15 heavy (non-hydrogen) atoms. The fraction of sp³-hybridized carbons (Fsp3) is 0.429. The Hall–Kier alpha value is -1.18. The summed E-state index contributed by atoms with van der Waals surface area (Å²) in [4.78, 5) is 1.09. The minimum absolute atomic E-state index is 0.985. The van der Waals surface area contributed by atoms with E-state index in [0.717, 1.165) is 11.3 Å². The summed E-state index contributed by atoms with van der Waals surface area (Å²) in [5.41, 5.74) is 0. The molecule has 0 saturated carbocycles. The molecule has 0 aliphatic carbocycles. The second-order valence-electron chi connectivity index (χ2n) is 3.34. The first kappa shape index (κ1) is 11.9. The summed E-state index contributed by atoms with van der Waals surface area (Å²) < 4.78 is 0. The largest absolute Gasteiger partial charge is 0.135 e. The van der Waals surface area contributed by atoms with Gasteiger partial charge in [0, 0.05) is 6.42 Å². The molecule has 0 atom stereocenters. The lowest BCUT2D eigenvalue weighted by Crippen LogP contribution is -1.73. The highest BCUT2D eigenvalue weighted by molar-refractivity contribution is 7.10. The van der Waals surface area contributed by atoms with Gasteiger partial charge in [0.05, 0.1) is 4.88 Å². The van der Waals surface area contributed by atoms with Gasteiger partial charge in [0.2, 0.25) is 0 Å². The van der Waals surface area contributed by atoms with Crippen LogP contribution in [0.25, 0.3) is 0 Å². The second-order valence-corrected chi connectivity index (χ2v) is 4.29. The maximum absolute atomic E-state index is 3.09. The van der Waals surface area contributed by atoms with Gasteiger partial charge < -0.3 is 0 Å². The number of rotatable bonds is 4. The van der Waals surface area contributed by atoms with Crippen molar-refractivity contribution in [1.29, 1.82) is 0 Å². The fourth-order valence-electron chi connectivity index (χ4n) is 1.19. The van der Waals surface area contributed by atoms with Crippen molar-refractivity contribution >= 4 is 11.3 Å². The van der Waals surface area contributed by atoms with Crippen LogP contribution >= 0.6 is 11.3 Å². The molecule has 0 spiro atoms. The van der Waals surface area contributed by atoms with Crippen molar-refractivity contribution in [2.75, 3.05) is 0 Å². The third-order valence-corrected chi connectivity index (χ3v) is 2.80. The molecule has 0 aliphatic rings. The highest BCUT2D eigenvalue weighted by atomic mass is 32.1. The highest BCUT2D eigenvalue weighted by Crippen LogP contribution is 2.05. The first-order valence-corrected chi connectivity index (χ1v) is 6.34. The van der Waals surface area contributed by atoms with Gasteiger partial charge >= 0.3 is 0 Å². The molecule has 1 heteroatoms. The van der Waals surface area contributed by atoms with Gasteiger partial charge in [-0.2, -0.15) is 0 Å². The van der Waals surface area contributed by atoms with Crippen LogP contribution < -0.4 is 0 Å². The molecule has 0 N–H and O–H groups in total. The van der Waals surface area contributed by atoms with Gasteiger partial charge in [-0.05, 0) is 35.6 Å². The van der Waals surface area contributed by atoms with Gasteiger partial charge in [-0.3, -0.25) is 0 Å². The molecule has 0 aliphatic heterocycles. The smallest absolute Gasteiger partial charge is 0.0778 e. The molecule has 0 radical (unpaired) electrons. The first-order valence-electron chi connectivity index (χ1n) is 5.46. The Morgan fingerprint density at radius 1 is 1.20 bits per heavy atom. The van der Waals surface area contributed by atoms with E-state index >= 15 is 0 Å². The van der Waals surface area contributed by atoms with Gasteiger partial charge in [-0.25, -0.2) is 0 Å². The lowest BCUT2D eigenvalue weighted by atomic mass is 10.2. The van der Waals surface area contributed by atoms with E-state index < -0.39 is 0 Å². The summed E-state index contributed by atoms with van der Waals surface area (Å²) in [6, 6.07) is 4.02. The van der Waals surface area contributed by atoms with Crippen molar-refractivity contribution in [2.24, 2.45) is 0 Å². The Labute approximate surface area is 96.7 Å². The van der Waals surface area contributed by atoms with E-state index in [1.807, 2.05) is 17.5 Å². The van der Waals surface area contributed by atoms with Gasteiger partial charge in [0.1, 0.15) is 0 Å². The monoisotopic (exact) mass is 216 g/mol. The Morgan fingerprint density at radius 2 is 2.13 bits per heavy atom. The predicted octanol–water partition coefficient (Wildman–Crippen LogP) is 4.07. The highest BCUT2D eigenvalue weighted by Gasteiger charge is 1.83. The SMILES string of the molecule is CCCCCCC#CC#Cc1cccs1. The number of unbranched alkanes of at least 4 members (excludes halogenated alkanes) is 4. The molecule has 1 aromatic rings. The van der Waals surface area contributed by atoms with Crippen LogP contribution in [-0.2, 0) is 0 Å². The molecule has 1 aromatic heterocycles. The van der Waals surface area contributed by atoms with Crippen LogP contribution in [0.2, 0.25) is 0 Å². The zero-order valence-corrected chi connectivity index (χ0v) is 9.99. The van der Waals surface area contributed by atoms with E-state index in [9.17, 15) is 0 Å². The summed E-state index contributed by atoms with van der Waals surface area (Å²) in [5.74, 6) is 11.9. The third-order valence-electron chi connectivity index (χ3n) is 2.01. The molecule has 1 rings (SSSR count). The van der Waals surface area contributed by atoms with Crippen molar-refractivity contribution in [3.63, 3.8) is 0 Å². The van der Waals surface area contributed by atoms with Gasteiger partial charge in [0.15, 0.2) is 0 Å². The van der Waals surface area contributed by atoms with E-state index in [2.05, 4.69) is 30.6 Å². The van der Waals surface area contributed by atoms with Crippen LogP contribution in [-0.4, -0.2) is 0 Å². The van der Waals surface area contributed by atoms with Crippen molar-refractivity contribution < 1.29 is 0 Å². The molecular formula is C14H16S. The Kier molecular flexibility index (Phi) is 6.47. The summed E-state index contributed by atoms with van der Waals surface area (Å²) >= 11 is 1.66. The standard InChI is InChI=1S/C14H16S/c1-2-3-4-5-6-7-8-9-11-14-12-10-13-15-14/h10,12-13H,2-6H2,1H3. The minimum atomic E-state index is 0.985. The summed E-state index contributed by atoms with van der Waals surface area (Å²) in [5, 5.41) is 2.03. The zero-order chi connectivity index (χ0) is 10.8. The Bertz CT molecular complexity index is 365. The number of hydrogen-bond donors (Lipinski definition) is 0. The summed E-state index contributed by atoms with van der Waals surface area (Å²) in [6.07, 6.45) is 6.10. The molecule has 0 fully saturated rings. The molecular weight excluding hydrogens is 200 g/mol. The Morgan fingerprint density at radius 3 is 2.87 bits per heavy atom. The van der Waals surface area contributed by atoms with Crippen LogP contribution in [0.3, 0.4) is 0 Å². The molecule has 0 aromatic carbocycles. The molecule has 0 unspecified atom stereocenters. The molecule has 0 amide bonds. The van der Waals surface area contributed by atoms with Crippen LogP contribution in [0.4, 0.5) is 0 Å². The molecule has 0 nitrogen and oxygen atoms in total. The van der Waals surface area contributed by atoms with E-state index in [1.165, 1.54) is 25.7 Å². The lowest BCUT2D eigenvalue weighted by Gasteiger charge is -1.90. The summed E-state index contributed by atoms with van der Waals surface area (Å²) in [6.45, 7) is 2.22. The lowest BCUT2D eigenvalue weighted by molar-refractivity contribution is 0.680. The quantitative estimate of drug-likeness (QED) is 0.525. The summed E-state index contributed by atoms with van der Waals surface area (Å²) in [7, 11) is 0. The molecule has 1 heterocycles. The van der Waals surface area contributed by atoms with E-state index in [0.29, 0.717) is 0 Å². The van der Waals surface area contributed by atoms with Gasteiger partial charge in [-0.1, -0.05) is 38.2 Å². The van der Waals surface area contributed by atoms with E-state index in [-0.39, 0.29) is 0 Å². The van der Waals surface area contributed by atoms with Crippen LogP contribution in [0.5, 0.6) is 0 Å². The normalized spacial score (nSPS) is 8.60. The van der Waals surface area contributed by atoms with E-state index in [4.69, 9.17) is 0 Å². The van der Waals surface area contributed by atoms with Crippen molar-refractivity contribution in [3.8, 4) is 23.7 Å². The average Bonchev–Trinajstić information content (AvgIpc) is 2.75. The maximum atomic E-state index is 3.09. The topological polar surface area (TPSA) is 0 Å². The first-order chi connectivity index (χ1) is 7.43. The number of hydrogen-bond acceptors (Lipinski definition) is 1. The molecule has 0 bridgehead atoms.